The summed E-state index contributed by atoms with van der Waals surface area (Å²) in [7, 11) is 0. The normalized spacial score (nSPS) is 12.6. The van der Waals surface area contributed by atoms with Crippen LogP contribution in [-0.4, -0.2) is 44.2 Å². The fourth-order valence-electron chi connectivity index (χ4n) is 1.33. The fourth-order valence-corrected chi connectivity index (χ4v) is 1.33. The Morgan fingerprint density at radius 2 is 1.76 bits per heavy atom. The first-order valence-corrected chi connectivity index (χ1v) is 6.18. The van der Waals surface area contributed by atoms with Gasteiger partial charge in [-0.2, -0.15) is 0 Å². The number of H-pyrrole nitrogens is 1. The average molecular weight is 352 g/mol. The summed E-state index contributed by atoms with van der Waals surface area (Å²) in [6.07, 6.45) is 3.89. The molecule has 8 nitrogen and oxygen atoms in total. The quantitative estimate of drug-likeness (QED) is 0.444. The number of nitrogens with two attached hydrogens (primary N) is 2. The SMILES string of the molecule is CC(C)CC(N)C(=O)O.NC(Cc1cnc[nH]1)C(=O)O.[Zn]. The number of hydrogen-bond acceptors (Lipinski definition) is 5. The Kier molecular flexibility index (Phi) is 11.9. The van der Waals surface area contributed by atoms with Crippen molar-refractivity contribution in [2.24, 2.45) is 17.4 Å². The van der Waals surface area contributed by atoms with Crippen molar-refractivity contribution >= 4 is 11.9 Å². The Morgan fingerprint density at radius 3 is 2.05 bits per heavy atom. The second kappa shape index (κ2) is 11.4. The maximum Gasteiger partial charge on any atom is 0.320 e. The van der Waals surface area contributed by atoms with Crippen LogP contribution in [0.15, 0.2) is 12.5 Å². The monoisotopic (exact) mass is 350 g/mol. The number of rotatable bonds is 6. The summed E-state index contributed by atoms with van der Waals surface area (Å²) in [5.41, 5.74) is 11.2. The van der Waals surface area contributed by atoms with Gasteiger partial charge >= 0.3 is 11.9 Å². The third kappa shape index (κ3) is 11.1. The zero-order valence-electron chi connectivity index (χ0n) is 12.3. The van der Waals surface area contributed by atoms with Crippen LogP contribution in [0.5, 0.6) is 0 Å². The van der Waals surface area contributed by atoms with Crippen molar-refractivity contribution in [2.45, 2.75) is 38.8 Å². The number of carboxylic acid groups (broad SMARTS) is 2. The molecule has 1 aromatic rings. The molecule has 2 atom stereocenters. The number of nitrogens with one attached hydrogen (secondary N) is 1. The Hall–Kier alpha value is -1.31. The Labute approximate surface area is 136 Å². The molecule has 21 heavy (non-hydrogen) atoms. The van der Waals surface area contributed by atoms with Gasteiger partial charge in [-0.1, -0.05) is 13.8 Å². The summed E-state index contributed by atoms with van der Waals surface area (Å²) in [4.78, 5) is 26.9. The minimum Gasteiger partial charge on any atom is -0.480 e. The molecule has 1 rings (SSSR count). The summed E-state index contributed by atoms with van der Waals surface area (Å²) in [5.74, 6) is -1.56. The third-order valence-corrected chi connectivity index (χ3v) is 2.35. The molecule has 7 N–H and O–H groups in total. The second-order valence-corrected chi connectivity index (χ2v) is 4.80. The molecular weight excluding hydrogens is 330 g/mol. The zero-order chi connectivity index (χ0) is 15.7. The van der Waals surface area contributed by atoms with Gasteiger partial charge in [0, 0.05) is 37.8 Å². The van der Waals surface area contributed by atoms with Crippen LogP contribution >= 0.6 is 0 Å². The van der Waals surface area contributed by atoms with Gasteiger partial charge in [0.1, 0.15) is 12.1 Å². The number of hydrogen-bond donors (Lipinski definition) is 5. The average Bonchev–Trinajstić information content (AvgIpc) is 2.81. The Morgan fingerprint density at radius 1 is 1.24 bits per heavy atom. The number of aliphatic carboxylic acids is 2. The summed E-state index contributed by atoms with van der Waals surface area (Å²) >= 11 is 0. The van der Waals surface area contributed by atoms with Crippen molar-refractivity contribution in [2.75, 3.05) is 0 Å². The van der Waals surface area contributed by atoms with Crippen molar-refractivity contribution < 1.29 is 39.3 Å². The summed E-state index contributed by atoms with van der Waals surface area (Å²) in [6, 6.07) is -1.54. The first-order valence-electron chi connectivity index (χ1n) is 6.18. The van der Waals surface area contributed by atoms with E-state index in [-0.39, 0.29) is 25.9 Å². The molecule has 0 aliphatic carbocycles. The van der Waals surface area contributed by atoms with Crippen molar-refractivity contribution in [1.29, 1.82) is 0 Å². The predicted molar refractivity (Wildman–Crippen MR) is 73.0 cm³/mol. The van der Waals surface area contributed by atoms with E-state index in [1.54, 1.807) is 6.20 Å². The van der Waals surface area contributed by atoms with E-state index in [9.17, 15) is 9.59 Å². The summed E-state index contributed by atoms with van der Waals surface area (Å²) in [6.45, 7) is 3.89. The molecule has 116 valence electrons. The molecule has 0 aromatic carbocycles. The van der Waals surface area contributed by atoms with E-state index in [1.165, 1.54) is 6.33 Å². The van der Waals surface area contributed by atoms with E-state index in [0.717, 1.165) is 5.69 Å². The van der Waals surface area contributed by atoms with E-state index >= 15 is 0 Å². The number of aromatic nitrogens is 2. The first kappa shape index (κ1) is 22.0. The van der Waals surface area contributed by atoms with Gasteiger partial charge in [0.25, 0.3) is 0 Å². The molecule has 0 bridgehead atoms. The van der Waals surface area contributed by atoms with Gasteiger partial charge in [-0.15, -0.1) is 0 Å². The van der Waals surface area contributed by atoms with Gasteiger partial charge < -0.3 is 26.7 Å². The van der Waals surface area contributed by atoms with Crippen LogP contribution in [0.3, 0.4) is 0 Å². The molecular formula is C12H22N4O4Zn. The molecule has 0 radical (unpaired) electrons. The van der Waals surface area contributed by atoms with Crippen LogP contribution in [0.25, 0.3) is 0 Å². The maximum atomic E-state index is 10.3. The standard InChI is InChI=1S/C6H9N3O2.C6H13NO2.Zn/c7-5(6(10)11)1-4-2-8-3-9-4;1-4(2)3-5(7)6(8)9;/h2-3,5H,1,7H2,(H,8,9)(H,10,11);4-5H,3,7H2,1-2H3,(H,8,9);. The molecule has 2 unspecified atom stereocenters. The van der Waals surface area contributed by atoms with Gasteiger partial charge in [-0.25, -0.2) is 4.98 Å². The van der Waals surface area contributed by atoms with Crippen molar-refractivity contribution in [3.05, 3.63) is 18.2 Å². The first-order chi connectivity index (χ1) is 9.23. The van der Waals surface area contributed by atoms with Gasteiger partial charge in [0.05, 0.1) is 6.33 Å². The number of aromatic amines is 1. The Bertz CT molecular complexity index is 411. The number of nitrogens with zero attached hydrogens (tertiary/aromatic N) is 1. The second-order valence-electron chi connectivity index (χ2n) is 4.80. The molecule has 0 saturated carbocycles. The molecule has 0 aliphatic rings. The van der Waals surface area contributed by atoms with Gasteiger partial charge in [0.15, 0.2) is 0 Å². The summed E-state index contributed by atoms with van der Waals surface area (Å²) in [5, 5.41) is 16.7. The van der Waals surface area contributed by atoms with E-state index < -0.39 is 24.0 Å². The molecule has 1 heterocycles. The van der Waals surface area contributed by atoms with Gasteiger partial charge in [-0.05, 0) is 12.3 Å². The van der Waals surface area contributed by atoms with E-state index in [0.29, 0.717) is 12.3 Å². The largest absolute Gasteiger partial charge is 0.480 e. The third-order valence-electron chi connectivity index (χ3n) is 2.35. The van der Waals surface area contributed by atoms with Gasteiger partial charge in [0.2, 0.25) is 0 Å². The van der Waals surface area contributed by atoms with E-state index in [1.807, 2.05) is 13.8 Å². The van der Waals surface area contributed by atoms with Crippen molar-refractivity contribution in [3.63, 3.8) is 0 Å². The van der Waals surface area contributed by atoms with Crippen LogP contribution < -0.4 is 11.5 Å². The van der Waals surface area contributed by atoms with E-state index in [4.69, 9.17) is 21.7 Å². The predicted octanol–water partition coefficient (Wildman–Crippen LogP) is -0.194. The smallest absolute Gasteiger partial charge is 0.320 e. The number of imidazole rings is 1. The molecule has 9 heteroatoms. The van der Waals surface area contributed by atoms with Crippen molar-refractivity contribution in [1.82, 2.24) is 9.97 Å². The zero-order valence-corrected chi connectivity index (χ0v) is 15.3. The van der Waals surface area contributed by atoms with E-state index in [2.05, 4.69) is 9.97 Å². The number of carbonyl (C=O) groups is 2. The molecule has 0 aliphatic heterocycles. The topological polar surface area (TPSA) is 155 Å². The Balaban J connectivity index is 0. The summed E-state index contributed by atoms with van der Waals surface area (Å²) < 4.78 is 0. The van der Waals surface area contributed by atoms with Crippen LogP contribution in [0.1, 0.15) is 26.0 Å². The minimum atomic E-state index is -1.00. The maximum absolute atomic E-state index is 10.3. The molecule has 1 aromatic heterocycles. The molecule has 0 fully saturated rings. The van der Waals surface area contributed by atoms with Crippen LogP contribution in [0.4, 0.5) is 0 Å². The van der Waals surface area contributed by atoms with Crippen LogP contribution in [0, 0.1) is 5.92 Å². The minimum absolute atomic E-state index is 0. The van der Waals surface area contributed by atoms with Crippen molar-refractivity contribution in [3.8, 4) is 0 Å². The number of carboxylic acids is 2. The van der Waals surface area contributed by atoms with Crippen LogP contribution in [-0.2, 0) is 35.5 Å². The molecule has 0 spiro atoms. The fraction of sp³-hybridized carbons (Fsp3) is 0.583. The molecule has 0 amide bonds. The van der Waals surface area contributed by atoms with Crippen LogP contribution in [0.2, 0.25) is 0 Å². The molecule has 0 saturated heterocycles. The van der Waals surface area contributed by atoms with Gasteiger partial charge in [-0.3, -0.25) is 9.59 Å².